The number of unbranched alkanes of at least 4 members (excludes halogenated alkanes) is 2. The highest BCUT2D eigenvalue weighted by molar-refractivity contribution is 8.02. The highest BCUT2D eigenvalue weighted by Crippen LogP contribution is 2.67. The Morgan fingerprint density at radius 1 is 1.05 bits per heavy atom. The summed E-state index contributed by atoms with van der Waals surface area (Å²) in [4.78, 5) is 49.1. The van der Waals surface area contributed by atoms with Crippen molar-refractivity contribution in [2.24, 2.45) is 11.8 Å². The first-order valence-electron chi connectivity index (χ1n) is 15.5. The number of anilines is 1. The average molecular weight is 602 g/mol. The molecule has 6 atom stereocenters. The smallest absolute Gasteiger partial charge is 0.247 e. The molecule has 2 aromatic carbocycles. The maximum absolute atomic E-state index is 14.8. The molecule has 2 unspecified atom stereocenters. The van der Waals surface area contributed by atoms with E-state index in [2.05, 4.69) is 20.1 Å². The number of carbonyl (C=O) groups is 3. The van der Waals surface area contributed by atoms with Crippen LogP contribution in [0.25, 0.3) is 0 Å². The molecule has 3 aliphatic heterocycles. The fourth-order valence-corrected chi connectivity index (χ4v) is 9.62. The number of carbonyl (C=O) groups excluding carboxylic acids is 3. The van der Waals surface area contributed by atoms with E-state index in [0.29, 0.717) is 26.1 Å². The van der Waals surface area contributed by atoms with Gasteiger partial charge in [0, 0.05) is 30.6 Å². The van der Waals surface area contributed by atoms with E-state index in [4.69, 9.17) is 0 Å². The molecular weight excluding hydrogens is 558 g/mol. The summed E-state index contributed by atoms with van der Waals surface area (Å²) in [6.45, 7) is 10.9. The molecule has 2 aromatic rings. The number of likely N-dealkylation sites (tertiary alicyclic amines) is 1. The predicted octanol–water partition coefficient (Wildman–Crippen LogP) is 5.24. The van der Waals surface area contributed by atoms with Gasteiger partial charge in [0.05, 0.1) is 29.2 Å². The lowest BCUT2D eigenvalue weighted by molar-refractivity contribution is -0.145. The lowest BCUT2D eigenvalue weighted by Gasteiger charge is -2.40. The summed E-state index contributed by atoms with van der Waals surface area (Å²) < 4.78 is -0.748. The standard InChI is InChI=1S/C35H43N3O4S/c1-4-7-14-23-36(21-5-2)34(42)31-35-20-19-28(43-35)29(32(40)37(22-6-3)26-17-12-9-13-18-26)30(35)33(41)38(31)27(24-39)25-15-10-8-11-16-25/h5-6,8-13,15-18,27-31,39H,2-4,7,14,19-24H2,1H3/t27-,28+,29-,30+,31?,35?/m1/s1. The molecule has 3 saturated heterocycles. The van der Waals surface area contributed by atoms with E-state index in [1.54, 1.807) is 33.7 Å². The van der Waals surface area contributed by atoms with E-state index >= 15 is 0 Å². The van der Waals surface area contributed by atoms with Gasteiger partial charge < -0.3 is 19.8 Å². The van der Waals surface area contributed by atoms with E-state index < -0.39 is 28.7 Å². The second-order valence-corrected chi connectivity index (χ2v) is 13.4. The first kappa shape index (κ1) is 31.1. The summed E-state index contributed by atoms with van der Waals surface area (Å²) in [7, 11) is 0. The SMILES string of the molecule is C=CCN(CCCCC)C(=O)C1N([C@H](CO)c2ccccc2)C(=O)[C@@H]2[C@H](C(=O)N(CC=C)c3ccccc3)[C@@H]3CCC12S3. The Balaban J connectivity index is 1.59. The Kier molecular flexibility index (Phi) is 9.77. The van der Waals surface area contributed by atoms with Crippen LogP contribution < -0.4 is 4.90 Å². The first-order chi connectivity index (χ1) is 20.9. The van der Waals surface area contributed by atoms with Crippen molar-refractivity contribution in [1.29, 1.82) is 0 Å². The van der Waals surface area contributed by atoms with E-state index in [9.17, 15) is 19.5 Å². The number of hydrogen-bond acceptors (Lipinski definition) is 5. The summed E-state index contributed by atoms with van der Waals surface area (Å²) in [5, 5.41) is 10.7. The summed E-state index contributed by atoms with van der Waals surface area (Å²) in [5.41, 5.74) is 1.53. The zero-order valence-corrected chi connectivity index (χ0v) is 25.8. The number of fused-ring (bicyclic) bond motifs is 1. The molecule has 1 N–H and O–H groups in total. The molecule has 8 heteroatoms. The van der Waals surface area contributed by atoms with Gasteiger partial charge in [-0.25, -0.2) is 0 Å². The van der Waals surface area contributed by atoms with Gasteiger partial charge in [-0.3, -0.25) is 14.4 Å². The molecule has 0 radical (unpaired) electrons. The maximum atomic E-state index is 14.8. The third-order valence-corrected chi connectivity index (χ3v) is 11.2. The van der Waals surface area contributed by atoms with Crippen LogP contribution in [-0.2, 0) is 14.4 Å². The van der Waals surface area contributed by atoms with Crippen molar-refractivity contribution in [2.75, 3.05) is 31.1 Å². The molecule has 3 aliphatic rings. The lowest BCUT2D eigenvalue weighted by atomic mass is 9.70. The number of para-hydroxylation sites is 1. The van der Waals surface area contributed by atoms with Gasteiger partial charge in [0.2, 0.25) is 17.7 Å². The minimum absolute atomic E-state index is 0.0628. The Morgan fingerprint density at radius 2 is 1.72 bits per heavy atom. The van der Waals surface area contributed by atoms with Crippen LogP contribution in [-0.4, -0.2) is 74.9 Å². The van der Waals surface area contributed by atoms with Gasteiger partial charge in [-0.2, -0.15) is 0 Å². The van der Waals surface area contributed by atoms with Crippen LogP contribution in [0.5, 0.6) is 0 Å². The molecule has 0 aliphatic carbocycles. The minimum Gasteiger partial charge on any atom is -0.394 e. The monoisotopic (exact) mass is 601 g/mol. The molecule has 7 nitrogen and oxygen atoms in total. The third kappa shape index (κ3) is 5.55. The van der Waals surface area contributed by atoms with Crippen LogP contribution in [0.4, 0.5) is 5.69 Å². The van der Waals surface area contributed by atoms with Crippen LogP contribution in [0.15, 0.2) is 86.0 Å². The van der Waals surface area contributed by atoms with E-state index in [-0.39, 0.29) is 29.6 Å². The van der Waals surface area contributed by atoms with Crippen molar-refractivity contribution in [1.82, 2.24) is 9.80 Å². The van der Waals surface area contributed by atoms with Gasteiger partial charge in [0.25, 0.3) is 0 Å². The molecule has 3 fully saturated rings. The molecule has 2 bridgehead atoms. The molecule has 5 rings (SSSR count). The summed E-state index contributed by atoms with van der Waals surface area (Å²) in [5.74, 6) is -1.67. The number of hydrogen-bond donors (Lipinski definition) is 1. The van der Waals surface area contributed by atoms with Crippen molar-refractivity contribution in [2.45, 2.75) is 61.1 Å². The Bertz CT molecular complexity index is 1320. The van der Waals surface area contributed by atoms with Crippen LogP contribution in [0.1, 0.15) is 50.6 Å². The van der Waals surface area contributed by atoms with Gasteiger partial charge in [0.1, 0.15) is 6.04 Å². The molecule has 0 aromatic heterocycles. The van der Waals surface area contributed by atoms with Gasteiger partial charge in [0.15, 0.2) is 0 Å². The molecule has 43 heavy (non-hydrogen) atoms. The topological polar surface area (TPSA) is 81.2 Å². The zero-order valence-electron chi connectivity index (χ0n) is 25.0. The maximum Gasteiger partial charge on any atom is 0.247 e. The largest absolute Gasteiger partial charge is 0.394 e. The van der Waals surface area contributed by atoms with E-state index in [1.165, 1.54) is 0 Å². The van der Waals surface area contributed by atoms with Gasteiger partial charge in [-0.15, -0.1) is 24.9 Å². The molecular formula is C35H43N3O4S. The lowest BCUT2D eigenvalue weighted by Crippen LogP contribution is -2.56. The van der Waals surface area contributed by atoms with Crippen LogP contribution in [0.2, 0.25) is 0 Å². The molecule has 3 amide bonds. The number of thioether (sulfide) groups is 1. The van der Waals surface area contributed by atoms with Crippen LogP contribution in [0, 0.1) is 11.8 Å². The van der Waals surface area contributed by atoms with Crippen molar-refractivity contribution in [3.63, 3.8) is 0 Å². The minimum atomic E-state index is -0.790. The van der Waals surface area contributed by atoms with E-state index in [0.717, 1.165) is 36.9 Å². The Hall–Kier alpha value is -3.36. The van der Waals surface area contributed by atoms with Crippen molar-refractivity contribution < 1.29 is 19.5 Å². The highest BCUT2D eigenvalue weighted by Gasteiger charge is 2.74. The molecule has 3 heterocycles. The van der Waals surface area contributed by atoms with Gasteiger partial charge in [-0.05, 0) is 37.0 Å². The number of rotatable bonds is 14. The number of nitrogens with zero attached hydrogens (tertiary/aromatic N) is 3. The third-order valence-electron chi connectivity index (χ3n) is 9.29. The van der Waals surface area contributed by atoms with Crippen molar-refractivity contribution in [3.05, 3.63) is 91.5 Å². The zero-order chi connectivity index (χ0) is 30.6. The number of amides is 3. The molecule has 228 valence electrons. The summed E-state index contributed by atoms with van der Waals surface area (Å²) in [6.07, 6.45) is 7.76. The fourth-order valence-electron chi connectivity index (χ4n) is 7.43. The Morgan fingerprint density at radius 3 is 2.35 bits per heavy atom. The normalized spacial score (nSPS) is 26.2. The number of aliphatic hydroxyl groups is 1. The molecule has 1 spiro atoms. The predicted molar refractivity (Wildman–Crippen MR) is 173 cm³/mol. The van der Waals surface area contributed by atoms with Crippen molar-refractivity contribution in [3.8, 4) is 0 Å². The van der Waals surface area contributed by atoms with Gasteiger partial charge in [-0.1, -0.05) is 80.4 Å². The number of benzene rings is 2. The fraction of sp³-hybridized carbons (Fsp3) is 0.457. The Labute approximate surface area is 259 Å². The van der Waals surface area contributed by atoms with Crippen LogP contribution >= 0.6 is 11.8 Å². The number of aliphatic hydroxyl groups excluding tert-OH is 1. The quantitative estimate of drug-likeness (QED) is 0.237. The van der Waals surface area contributed by atoms with Crippen LogP contribution in [0.3, 0.4) is 0 Å². The second kappa shape index (κ2) is 13.5. The van der Waals surface area contributed by atoms with E-state index in [1.807, 2.05) is 65.6 Å². The summed E-state index contributed by atoms with van der Waals surface area (Å²) >= 11 is 1.66. The van der Waals surface area contributed by atoms with Gasteiger partial charge >= 0.3 is 0 Å². The van der Waals surface area contributed by atoms with Crippen molar-refractivity contribution >= 4 is 35.2 Å². The highest BCUT2D eigenvalue weighted by atomic mass is 32.2. The first-order valence-corrected chi connectivity index (χ1v) is 16.3. The second-order valence-electron chi connectivity index (χ2n) is 11.8. The summed E-state index contributed by atoms with van der Waals surface area (Å²) in [6, 6.07) is 17.4. The molecule has 0 saturated carbocycles. The average Bonchev–Trinajstić information content (AvgIpc) is 3.68.